The Kier molecular flexibility index (Phi) is 10.6. The molecule has 1 aliphatic rings. The molecule has 1 heterocycles. The van der Waals surface area contributed by atoms with Crippen molar-refractivity contribution in [1.82, 2.24) is 14.5 Å². The van der Waals surface area contributed by atoms with Crippen LogP contribution in [-0.4, -0.2) is 46.8 Å². The third-order valence-electron chi connectivity index (χ3n) is 7.13. The zero-order chi connectivity index (χ0) is 30.1. The summed E-state index contributed by atoms with van der Waals surface area (Å²) in [4.78, 5) is 7.26. The van der Waals surface area contributed by atoms with Gasteiger partial charge < -0.3 is 18.9 Å². The lowest BCUT2D eigenvalue weighted by molar-refractivity contribution is -0.140. The summed E-state index contributed by atoms with van der Waals surface area (Å²) in [7, 11) is 0. The van der Waals surface area contributed by atoms with Gasteiger partial charge in [-0.2, -0.15) is 13.2 Å². The maximum Gasteiger partial charge on any atom is 0.419 e. The Morgan fingerprint density at radius 1 is 1.10 bits per heavy atom. The summed E-state index contributed by atoms with van der Waals surface area (Å²) in [5.41, 5.74) is 1.32. The molecule has 0 amide bonds. The van der Waals surface area contributed by atoms with Gasteiger partial charge in [-0.3, -0.25) is 0 Å². The van der Waals surface area contributed by atoms with Crippen LogP contribution in [-0.2, 0) is 12.6 Å². The van der Waals surface area contributed by atoms with Gasteiger partial charge in [0.2, 0.25) is 0 Å². The number of benzene rings is 2. The number of hydrogen-bond donors (Lipinski definition) is 0. The maximum atomic E-state index is 13.6. The third-order valence-corrected chi connectivity index (χ3v) is 7.13. The van der Waals surface area contributed by atoms with E-state index in [1.165, 1.54) is 6.07 Å². The van der Waals surface area contributed by atoms with Crippen LogP contribution >= 0.6 is 0 Å². The van der Waals surface area contributed by atoms with Crippen LogP contribution in [0.2, 0.25) is 0 Å². The highest BCUT2D eigenvalue weighted by atomic mass is 19.4. The smallest absolute Gasteiger partial charge is 0.419 e. The number of allylic oxidation sites excluding steroid dienone is 3. The number of halogens is 4. The minimum Gasteiger partial charge on any atom is -0.494 e. The van der Waals surface area contributed by atoms with Gasteiger partial charge in [0.05, 0.1) is 17.9 Å². The summed E-state index contributed by atoms with van der Waals surface area (Å²) in [6, 6.07) is 10.6. The molecule has 5 nitrogen and oxygen atoms in total. The Labute approximate surface area is 244 Å². The van der Waals surface area contributed by atoms with E-state index in [0.29, 0.717) is 25.5 Å². The molecule has 9 heteroatoms. The van der Waals surface area contributed by atoms with Crippen molar-refractivity contribution in [2.45, 2.75) is 51.8 Å². The summed E-state index contributed by atoms with van der Waals surface area (Å²) in [6.45, 7) is 11.9. The van der Waals surface area contributed by atoms with E-state index in [-0.39, 0.29) is 5.75 Å². The molecule has 0 fully saturated rings. The molecule has 42 heavy (non-hydrogen) atoms. The van der Waals surface area contributed by atoms with E-state index in [0.717, 1.165) is 67.1 Å². The molecule has 3 aromatic rings. The molecule has 0 saturated carbocycles. The second-order valence-electron chi connectivity index (χ2n) is 10.0. The summed E-state index contributed by atoms with van der Waals surface area (Å²) >= 11 is 0. The average Bonchev–Trinajstić information content (AvgIpc) is 3.41. The van der Waals surface area contributed by atoms with Gasteiger partial charge in [-0.15, -0.1) is 6.58 Å². The Morgan fingerprint density at radius 3 is 2.48 bits per heavy atom. The van der Waals surface area contributed by atoms with Crippen molar-refractivity contribution in [2.75, 3.05) is 26.2 Å². The Bertz CT molecular complexity index is 1390. The lowest BCUT2D eigenvalue weighted by atomic mass is 10.1. The van der Waals surface area contributed by atoms with Gasteiger partial charge in [0.25, 0.3) is 0 Å². The fourth-order valence-corrected chi connectivity index (χ4v) is 4.75. The van der Waals surface area contributed by atoms with Gasteiger partial charge in [-0.25, -0.2) is 9.37 Å². The van der Waals surface area contributed by atoms with E-state index >= 15 is 0 Å². The van der Waals surface area contributed by atoms with E-state index in [2.05, 4.69) is 25.3 Å². The molecular weight excluding hydrogens is 546 g/mol. The maximum absolute atomic E-state index is 13.6. The first-order chi connectivity index (χ1) is 20.2. The number of alkyl halides is 3. The van der Waals surface area contributed by atoms with Crippen LogP contribution in [0.1, 0.15) is 44.5 Å². The largest absolute Gasteiger partial charge is 0.494 e. The second kappa shape index (κ2) is 14.4. The number of aryl methyl sites for hydroxylation is 1. The molecular formula is C33H37F4N3O2. The molecule has 0 bridgehead atoms. The van der Waals surface area contributed by atoms with E-state index < -0.39 is 23.7 Å². The van der Waals surface area contributed by atoms with E-state index in [9.17, 15) is 17.6 Å². The summed E-state index contributed by atoms with van der Waals surface area (Å²) in [5.74, 6) is 0.317. The zero-order valence-electron chi connectivity index (χ0n) is 24.0. The second-order valence-corrected chi connectivity index (χ2v) is 10.0. The van der Waals surface area contributed by atoms with Crippen molar-refractivity contribution in [3.05, 3.63) is 96.7 Å². The third kappa shape index (κ3) is 8.12. The first-order valence-electron chi connectivity index (χ1n) is 14.3. The van der Waals surface area contributed by atoms with Crippen molar-refractivity contribution in [1.29, 1.82) is 0 Å². The van der Waals surface area contributed by atoms with Crippen LogP contribution in [0.5, 0.6) is 11.5 Å². The van der Waals surface area contributed by atoms with Crippen molar-refractivity contribution in [3.63, 3.8) is 0 Å². The highest BCUT2D eigenvalue weighted by Crippen LogP contribution is 2.34. The molecule has 1 aromatic heterocycles. The topological polar surface area (TPSA) is 39.5 Å². The number of imidazole rings is 1. The van der Waals surface area contributed by atoms with Crippen molar-refractivity contribution < 1.29 is 27.0 Å². The molecule has 0 saturated heterocycles. The molecule has 2 aromatic carbocycles. The minimum atomic E-state index is -4.79. The van der Waals surface area contributed by atoms with E-state index in [1.54, 1.807) is 6.08 Å². The Balaban J connectivity index is 1.43. The molecule has 0 spiro atoms. The van der Waals surface area contributed by atoms with Gasteiger partial charge >= 0.3 is 6.18 Å². The zero-order valence-corrected chi connectivity index (χ0v) is 24.0. The predicted octanol–water partition coefficient (Wildman–Crippen LogP) is 8.19. The monoisotopic (exact) mass is 583 g/mol. The number of nitrogens with zero attached hydrogens (tertiary/aromatic N) is 3. The standard InChI is InChI=1S/C33H37F4N3O2/c1-4-7-9-32-38-31(24-10-14-26(15-11-24)41-21-8-20-39(5-2)6-3)23-40(32)25-12-16-27(17-13-25)42-28-18-19-30(34)29(22-28)33(35,36)37/h4,10-16,18-19,22-23,27H,1,5-9,17,20-21H2,2-3H3. The van der Waals surface area contributed by atoms with Gasteiger partial charge in [-0.1, -0.05) is 26.0 Å². The quantitative estimate of drug-likeness (QED) is 0.109. The molecule has 1 aliphatic carbocycles. The van der Waals surface area contributed by atoms with Crippen molar-refractivity contribution in [3.8, 4) is 22.8 Å². The Hall–Kier alpha value is -3.85. The predicted molar refractivity (Wildman–Crippen MR) is 158 cm³/mol. The molecule has 0 radical (unpaired) electrons. The van der Waals surface area contributed by atoms with Crippen LogP contribution in [0.3, 0.4) is 0 Å². The highest BCUT2D eigenvalue weighted by Gasteiger charge is 2.34. The lowest BCUT2D eigenvalue weighted by Gasteiger charge is -2.20. The SMILES string of the molecule is C=CCCc1nc(-c2ccc(OCCCN(CC)CC)cc2)cn1C1=CCC(Oc2ccc(F)c(C(F)(F)F)c2)C=C1. The molecule has 0 aliphatic heterocycles. The fourth-order valence-electron chi connectivity index (χ4n) is 4.75. The Morgan fingerprint density at radius 2 is 1.83 bits per heavy atom. The van der Waals surface area contributed by atoms with Crippen LogP contribution < -0.4 is 9.47 Å². The van der Waals surface area contributed by atoms with Crippen LogP contribution in [0.15, 0.2) is 79.5 Å². The molecule has 224 valence electrons. The minimum absolute atomic E-state index is 0.0388. The van der Waals surface area contributed by atoms with Crippen LogP contribution in [0, 0.1) is 5.82 Å². The number of ether oxygens (including phenoxy) is 2. The number of rotatable bonds is 14. The van der Waals surface area contributed by atoms with E-state index in [1.807, 2.05) is 53.3 Å². The highest BCUT2D eigenvalue weighted by molar-refractivity contribution is 5.65. The van der Waals surface area contributed by atoms with Crippen LogP contribution in [0.25, 0.3) is 17.0 Å². The van der Waals surface area contributed by atoms with Crippen molar-refractivity contribution >= 4 is 5.70 Å². The van der Waals surface area contributed by atoms with Gasteiger partial charge in [0.15, 0.2) is 0 Å². The van der Waals surface area contributed by atoms with Crippen molar-refractivity contribution in [2.24, 2.45) is 0 Å². The number of hydrogen-bond acceptors (Lipinski definition) is 4. The molecule has 0 N–H and O–H groups in total. The average molecular weight is 584 g/mol. The lowest BCUT2D eigenvalue weighted by Crippen LogP contribution is -2.25. The number of aromatic nitrogens is 2. The van der Waals surface area contributed by atoms with Gasteiger partial charge in [0.1, 0.15) is 29.2 Å². The van der Waals surface area contributed by atoms with Crippen LogP contribution in [0.4, 0.5) is 17.6 Å². The summed E-state index contributed by atoms with van der Waals surface area (Å²) in [6.07, 6.45) is 6.99. The first-order valence-corrected chi connectivity index (χ1v) is 14.3. The fraction of sp³-hybridized carbons (Fsp3) is 0.364. The van der Waals surface area contributed by atoms with E-state index in [4.69, 9.17) is 14.5 Å². The summed E-state index contributed by atoms with van der Waals surface area (Å²) in [5, 5.41) is 0. The molecule has 1 unspecified atom stereocenters. The normalized spacial score (nSPS) is 15.1. The van der Waals surface area contributed by atoms with Gasteiger partial charge in [-0.05, 0) is 80.5 Å². The van der Waals surface area contributed by atoms with Gasteiger partial charge in [0, 0.05) is 36.8 Å². The summed E-state index contributed by atoms with van der Waals surface area (Å²) < 4.78 is 66.6. The molecule has 1 atom stereocenters. The first kappa shape index (κ1) is 31.1. The molecule has 4 rings (SSSR count).